The van der Waals surface area contributed by atoms with E-state index in [9.17, 15) is 13.6 Å². The Bertz CT molecular complexity index is 1070. The summed E-state index contributed by atoms with van der Waals surface area (Å²) in [7, 11) is 0. The van der Waals surface area contributed by atoms with Crippen LogP contribution in [0.4, 0.5) is 8.78 Å². The lowest BCUT2D eigenvalue weighted by Gasteiger charge is -2.20. The van der Waals surface area contributed by atoms with E-state index in [-0.39, 0.29) is 17.7 Å². The normalized spacial score (nSPS) is 13.3. The van der Waals surface area contributed by atoms with Crippen LogP contribution < -0.4 is 10.3 Å². The zero-order valence-corrected chi connectivity index (χ0v) is 17.3. The number of rotatable bonds is 7. The van der Waals surface area contributed by atoms with Crippen LogP contribution >= 0.6 is 0 Å². The van der Waals surface area contributed by atoms with Crippen molar-refractivity contribution in [2.45, 2.75) is 40.2 Å². The van der Waals surface area contributed by atoms with Crippen molar-refractivity contribution in [3.05, 3.63) is 70.3 Å². The van der Waals surface area contributed by atoms with Gasteiger partial charge in [0.2, 0.25) is 5.88 Å². The lowest BCUT2D eigenvalue weighted by atomic mass is 9.93. The predicted octanol–water partition coefficient (Wildman–Crippen LogP) is 4.53. The van der Waals surface area contributed by atoms with Crippen LogP contribution in [0.2, 0.25) is 0 Å². The fraction of sp³-hybridized carbons (Fsp3) is 0.364. The topological polar surface area (TPSA) is 69.9 Å². The number of hydrogen-bond acceptors (Lipinski definition) is 5. The Morgan fingerprint density at radius 3 is 2.50 bits per heavy atom. The van der Waals surface area contributed by atoms with Gasteiger partial charge in [0, 0.05) is 41.8 Å². The molecule has 0 aliphatic heterocycles. The second-order valence-corrected chi connectivity index (χ2v) is 7.41. The molecule has 0 saturated carbocycles. The number of hydrogen-bond donors (Lipinski definition) is 0. The van der Waals surface area contributed by atoms with Crippen LogP contribution in [0.3, 0.4) is 0 Å². The first-order chi connectivity index (χ1) is 14.3. The van der Waals surface area contributed by atoms with Crippen molar-refractivity contribution in [3.8, 4) is 17.0 Å². The maximum Gasteiger partial charge on any atom is 0.321 e. The van der Waals surface area contributed by atoms with E-state index in [2.05, 4.69) is 28.8 Å². The van der Waals surface area contributed by atoms with Crippen molar-refractivity contribution in [1.82, 2.24) is 19.5 Å². The number of alkyl halides is 2. The summed E-state index contributed by atoms with van der Waals surface area (Å²) in [5.41, 5.74) is 2.12. The summed E-state index contributed by atoms with van der Waals surface area (Å²) in [6.07, 6.45) is 4.45. The zero-order valence-electron chi connectivity index (χ0n) is 17.3. The van der Waals surface area contributed by atoms with E-state index in [0.717, 1.165) is 23.5 Å². The number of halogens is 2. The van der Waals surface area contributed by atoms with Crippen molar-refractivity contribution < 1.29 is 13.5 Å². The number of nitrogens with zero attached hydrogens (tertiary/aromatic N) is 4. The summed E-state index contributed by atoms with van der Waals surface area (Å²) in [5.74, 6) is 1.06. The second-order valence-electron chi connectivity index (χ2n) is 7.41. The predicted molar refractivity (Wildman–Crippen MR) is 110 cm³/mol. The van der Waals surface area contributed by atoms with Crippen molar-refractivity contribution in [1.29, 1.82) is 0 Å². The first-order valence-corrected chi connectivity index (χ1v) is 9.66. The molecule has 3 heterocycles. The Hall–Kier alpha value is -3.16. The Morgan fingerprint density at radius 2 is 1.83 bits per heavy atom. The molecule has 3 rings (SSSR count). The zero-order chi connectivity index (χ0) is 21.8. The first-order valence-electron chi connectivity index (χ1n) is 9.66. The lowest BCUT2D eigenvalue weighted by molar-refractivity contribution is 0.0665. The van der Waals surface area contributed by atoms with Crippen LogP contribution in [0.5, 0.6) is 5.88 Å². The lowest BCUT2D eigenvalue weighted by Crippen LogP contribution is -2.19. The summed E-state index contributed by atoms with van der Waals surface area (Å²) in [4.78, 5) is 24.6. The molecule has 8 heteroatoms. The standard InChI is InChI=1S/C22H24F2N4O2/c1-13-5-7-19(26-9-13)15(3)14(2)12-30-21-18(10-25-16(4)27-21)17-6-8-20(29)28(11-17)22(23)24/h5-11,14-15,22H,12H2,1-4H3/t14?,15-/m0/s1. The maximum atomic E-state index is 13.1. The molecule has 0 N–H and O–H groups in total. The molecule has 0 aliphatic carbocycles. The van der Waals surface area contributed by atoms with E-state index in [1.54, 1.807) is 6.92 Å². The smallest absolute Gasteiger partial charge is 0.321 e. The summed E-state index contributed by atoms with van der Waals surface area (Å²) < 4.78 is 32.6. The van der Waals surface area contributed by atoms with E-state index in [0.29, 0.717) is 28.1 Å². The Balaban J connectivity index is 1.83. The first kappa shape index (κ1) is 21.5. The molecule has 0 saturated heterocycles. The molecule has 0 bridgehead atoms. The molecule has 0 fully saturated rings. The molecule has 0 radical (unpaired) electrons. The minimum Gasteiger partial charge on any atom is -0.477 e. The highest BCUT2D eigenvalue weighted by Gasteiger charge is 2.19. The van der Waals surface area contributed by atoms with Crippen LogP contribution in [-0.4, -0.2) is 26.1 Å². The van der Waals surface area contributed by atoms with E-state index in [1.807, 2.05) is 25.3 Å². The molecule has 3 aromatic rings. The van der Waals surface area contributed by atoms with Gasteiger partial charge >= 0.3 is 6.55 Å². The van der Waals surface area contributed by atoms with Crippen LogP contribution in [0, 0.1) is 19.8 Å². The second kappa shape index (κ2) is 9.11. The van der Waals surface area contributed by atoms with Gasteiger partial charge < -0.3 is 4.74 Å². The van der Waals surface area contributed by atoms with Gasteiger partial charge in [-0.25, -0.2) is 4.98 Å². The highest BCUT2D eigenvalue weighted by Crippen LogP contribution is 2.29. The minimum atomic E-state index is -2.93. The van der Waals surface area contributed by atoms with Gasteiger partial charge in [0.05, 0.1) is 12.2 Å². The molecule has 0 amide bonds. The van der Waals surface area contributed by atoms with Gasteiger partial charge in [0.1, 0.15) is 5.82 Å². The van der Waals surface area contributed by atoms with E-state index < -0.39 is 12.1 Å². The molecule has 158 valence electrons. The molecule has 30 heavy (non-hydrogen) atoms. The molecule has 0 aromatic carbocycles. The highest BCUT2D eigenvalue weighted by molar-refractivity contribution is 5.66. The fourth-order valence-electron chi connectivity index (χ4n) is 2.97. The molecular weight excluding hydrogens is 390 g/mol. The quantitative estimate of drug-likeness (QED) is 0.568. The van der Waals surface area contributed by atoms with Crippen LogP contribution in [0.25, 0.3) is 11.1 Å². The van der Waals surface area contributed by atoms with Crippen LogP contribution in [0.1, 0.15) is 43.4 Å². The average Bonchev–Trinajstić information content (AvgIpc) is 2.72. The summed E-state index contributed by atoms with van der Waals surface area (Å²) in [6.45, 7) is 5.27. The third-order valence-electron chi connectivity index (χ3n) is 5.07. The van der Waals surface area contributed by atoms with Crippen LogP contribution in [-0.2, 0) is 0 Å². The minimum absolute atomic E-state index is 0.123. The summed E-state index contributed by atoms with van der Waals surface area (Å²) in [5, 5.41) is 0. The van der Waals surface area contributed by atoms with Crippen molar-refractivity contribution >= 4 is 0 Å². The molecule has 3 aromatic heterocycles. The van der Waals surface area contributed by atoms with Crippen LogP contribution in [0.15, 0.2) is 47.7 Å². The molecule has 6 nitrogen and oxygen atoms in total. The van der Waals surface area contributed by atoms with E-state index in [1.165, 1.54) is 12.3 Å². The molecule has 0 spiro atoms. The van der Waals surface area contributed by atoms with Crippen molar-refractivity contribution in [2.24, 2.45) is 5.92 Å². The number of aromatic nitrogens is 4. The average molecular weight is 414 g/mol. The summed E-state index contributed by atoms with van der Waals surface area (Å²) in [6, 6.07) is 6.59. The van der Waals surface area contributed by atoms with Gasteiger partial charge in [0.15, 0.2) is 0 Å². The third kappa shape index (κ3) is 4.87. The van der Waals surface area contributed by atoms with Gasteiger partial charge in [-0.3, -0.25) is 14.3 Å². The third-order valence-corrected chi connectivity index (χ3v) is 5.07. The van der Waals surface area contributed by atoms with Crippen molar-refractivity contribution in [2.75, 3.05) is 6.61 Å². The number of ether oxygens (including phenoxy) is 1. The van der Waals surface area contributed by atoms with Gasteiger partial charge in [0.25, 0.3) is 5.56 Å². The molecule has 2 atom stereocenters. The Kier molecular flexibility index (Phi) is 6.54. The van der Waals surface area contributed by atoms with E-state index >= 15 is 0 Å². The highest BCUT2D eigenvalue weighted by atomic mass is 19.3. The summed E-state index contributed by atoms with van der Waals surface area (Å²) >= 11 is 0. The van der Waals surface area contributed by atoms with Gasteiger partial charge in [-0.1, -0.05) is 19.9 Å². The van der Waals surface area contributed by atoms with E-state index in [4.69, 9.17) is 4.74 Å². The number of pyridine rings is 2. The molecule has 0 aliphatic rings. The van der Waals surface area contributed by atoms with Crippen molar-refractivity contribution in [3.63, 3.8) is 0 Å². The molecular formula is C22H24F2N4O2. The fourth-order valence-corrected chi connectivity index (χ4v) is 2.97. The van der Waals surface area contributed by atoms with Gasteiger partial charge in [-0.15, -0.1) is 0 Å². The SMILES string of the molecule is Cc1ccc([C@@H](C)C(C)COc2nc(C)ncc2-c2ccc(=O)n(C(F)F)c2)nc1. The molecule has 1 unspecified atom stereocenters. The Labute approximate surface area is 173 Å². The largest absolute Gasteiger partial charge is 0.477 e. The van der Waals surface area contributed by atoms with Gasteiger partial charge in [-0.05, 0) is 37.5 Å². The monoisotopic (exact) mass is 414 g/mol. The Morgan fingerprint density at radius 1 is 1.07 bits per heavy atom. The van der Waals surface area contributed by atoms with Gasteiger partial charge in [-0.2, -0.15) is 13.8 Å². The number of aryl methyl sites for hydroxylation is 2. The maximum absolute atomic E-state index is 13.1.